The maximum Gasteiger partial charge on any atom is 0.291 e. The van der Waals surface area contributed by atoms with Crippen molar-refractivity contribution in [3.05, 3.63) is 60.2 Å². The number of hydrogen-bond donors (Lipinski definition) is 1. The minimum absolute atomic E-state index is 0.241. The van der Waals surface area contributed by atoms with Gasteiger partial charge in [-0.2, -0.15) is 0 Å². The second-order valence-corrected chi connectivity index (χ2v) is 6.07. The molecular formula is C17H16N2O3S. The Morgan fingerprint density at radius 2 is 1.78 bits per heavy atom. The van der Waals surface area contributed by atoms with Gasteiger partial charge in [0.1, 0.15) is 5.75 Å². The molecule has 5 nitrogen and oxygen atoms in total. The van der Waals surface area contributed by atoms with Crippen LogP contribution in [0.15, 0.2) is 54.6 Å². The van der Waals surface area contributed by atoms with E-state index >= 15 is 0 Å². The molecule has 2 aromatic rings. The Balaban J connectivity index is 1.73. The van der Waals surface area contributed by atoms with Crippen molar-refractivity contribution >= 4 is 28.6 Å². The Hall–Kier alpha value is -2.47. The van der Waals surface area contributed by atoms with E-state index in [-0.39, 0.29) is 17.7 Å². The lowest BCUT2D eigenvalue weighted by atomic mass is 10.2. The fourth-order valence-electron chi connectivity index (χ4n) is 2.35. The zero-order valence-corrected chi connectivity index (χ0v) is 13.4. The van der Waals surface area contributed by atoms with Crippen LogP contribution in [0.2, 0.25) is 0 Å². The molecule has 1 saturated heterocycles. The third-order valence-corrected chi connectivity index (χ3v) is 4.48. The van der Waals surface area contributed by atoms with Crippen molar-refractivity contribution in [2.45, 2.75) is 11.9 Å². The number of hydrogen-bond acceptors (Lipinski definition) is 5. The molecule has 0 aliphatic carbocycles. The maximum atomic E-state index is 12.5. The van der Waals surface area contributed by atoms with Gasteiger partial charge in [0, 0.05) is 0 Å². The summed E-state index contributed by atoms with van der Waals surface area (Å²) in [6.07, 6.45) is 0. The largest absolute Gasteiger partial charge is 0.495 e. The molecule has 0 radical (unpaired) electrons. The SMILES string of the molecule is COc1ccccc1NC1SC(=O)N(Cc2ccccc2)C1=O. The van der Waals surface area contributed by atoms with E-state index in [1.54, 1.807) is 13.2 Å². The van der Waals surface area contributed by atoms with Crippen molar-refractivity contribution in [3.8, 4) is 5.75 Å². The van der Waals surface area contributed by atoms with E-state index in [0.29, 0.717) is 11.4 Å². The molecule has 6 heteroatoms. The predicted octanol–water partition coefficient (Wildman–Crippen LogP) is 3.33. The van der Waals surface area contributed by atoms with Crippen molar-refractivity contribution in [1.29, 1.82) is 0 Å². The highest BCUT2D eigenvalue weighted by atomic mass is 32.2. The van der Waals surface area contributed by atoms with Gasteiger partial charge in [-0.15, -0.1) is 0 Å². The zero-order chi connectivity index (χ0) is 16.2. The van der Waals surface area contributed by atoms with Crippen LogP contribution in [0.1, 0.15) is 5.56 Å². The van der Waals surface area contributed by atoms with E-state index in [9.17, 15) is 9.59 Å². The normalized spacial score (nSPS) is 17.4. The topological polar surface area (TPSA) is 58.6 Å². The highest BCUT2D eigenvalue weighted by molar-refractivity contribution is 8.15. The summed E-state index contributed by atoms with van der Waals surface area (Å²) in [7, 11) is 1.57. The van der Waals surface area contributed by atoms with Gasteiger partial charge in [-0.3, -0.25) is 14.5 Å². The van der Waals surface area contributed by atoms with Crippen LogP contribution in [0.3, 0.4) is 0 Å². The van der Waals surface area contributed by atoms with Crippen LogP contribution < -0.4 is 10.1 Å². The highest BCUT2D eigenvalue weighted by Gasteiger charge is 2.39. The first-order chi connectivity index (χ1) is 11.2. The van der Waals surface area contributed by atoms with E-state index in [2.05, 4.69) is 5.32 Å². The number of carbonyl (C=O) groups excluding carboxylic acids is 2. The van der Waals surface area contributed by atoms with E-state index < -0.39 is 5.37 Å². The van der Waals surface area contributed by atoms with E-state index in [1.165, 1.54) is 4.90 Å². The molecule has 2 aromatic carbocycles. The fraction of sp³-hybridized carbons (Fsp3) is 0.176. The molecule has 3 rings (SSSR count). The Bertz CT molecular complexity index is 721. The van der Waals surface area contributed by atoms with Gasteiger partial charge in [0.15, 0.2) is 5.37 Å². The second kappa shape index (κ2) is 6.75. The molecule has 0 bridgehead atoms. The summed E-state index contributed by atoms with van der Waals surface area (Å²) in [4.78, 5) is 25.9. The van der Waals surface area contributed by atoms with Crippen LogP contribution in [0, 0.1) is 0 Å². The third kappa shape index (κ3) is 3.32. The first-order valence-corrected chi connectivity index (χ1v) is 8.02. The first-order valence-electron chi connectivity index (χ1n) is 7.14. The average molecular weight is 328 g/mol. The molecule has 1 fully saturated rings. The molecule has 1 N–H and O–H groups in total. The second-order valence-electron chi connectivity index (χ2n) is 5.02. The number of thioether (sulfide) groups is 1. The summed E-state index contributed by atoms with van der Waals surface area (Å²) in [6.45, 7) is 0.287. The lowest BCUT2D eigenvalue weighted by molar-refractivity contribution is -0.126. The van der Waals surface area contributed by atoms with E-state index in [0.717, 1.165) is 17.3 Å². The molecule has 0 spiro atoms. The van der Waals surface area contributed by atoms with Gasteiger partial charge >= 0.3 is 0 Å². The standard InChI is InChI=1S/C17H16N2O3S/c1-22-14-10-6-5-9-13(14)18-15-16(20)19(17(21)23-15)11-12-7-3-2-4-8-12/h2-10,15,18H,11H2,1H3. The van der Waals surface area contributed by atoms with Crippen molar-refractivity contribution < 1.29 is 14.3 Å². The summed E-state index contributed by atoms with van der Waals surface area (Å²) in [6, 6.07) is 16.8. The fourth-order valence-corrected chi connectivity index (χ4v) is 3.25. The maximum absolute atomic E-state index is 12.5. The molecule has 1 aliphatic rings. The number of nitrogens with zero attached hydrogens (tertiary/aromatic N) is 1. The van der Waals surface area contributed by atoms with E-state index in [4.69, 9.17) is 4.74 Å². The van der Waals surface area contributed by atoms with E-state index in [1.807, 2.05) is 48.5 Å². The van der Waals surface area contributed by atoms with Gasteiger partial charge in [0.25, 0.3) is 11.1 Å². The predicted molar refractivity (Wildman–Crippen MR) is 90.4 cm³/mol. The number of ether oxygens (including phenoxy) is 1. The summed E-state index contributed by atoms with van der Waals surface area (Å²) < 4.78 is 5.26. The molecule has 1 aliphatic heterocycles. The number of anilines is 1. The number of nitrogens with one attached hydrogen (secondary N) is 1. The van der Waals surface area contributed by atoms with Crippen molar-refractivity contribution in [1.82, 2.24) is 4.90 Å². The minimum atomic E-state index is -0.637. The lowest BCUT2D eigenvalue weighted by Gasteiger charge is -2.16. The molecule has 1 heterocycles. The van der Waals surface area contributed by atoms with Crippen molar-refractivity contribution in [2.75, 3.05) is 12.4 Å². The van der Waals surface area contributed by atoms with Crippen LogP contribution in [0.4, 0.5) is 10.5 Å². The van der Waals surface area contributed by atoms with Gasteiger partial charge < -0.3 is 10.1 Å². The number of rotatable bonds is 5. The van der Waals surface area contributed by atoms with Crippen LogP contribution in [-0.2, 0) is 11.3 Å². The van der Waals surface area contributed by atoms with Gasteiger partial charge in [-0.05, 0) is 29.5 Å². The summed E-state index contributed by atoms with van der Waals surface area (Å²) in [5.74, 6) is 0.393. The third-order valence-electron chi connectivity index (χ3n) is 3.51. The minimum Gasteiger partial charge on any atom is -0.495 e. The number of methoxy groups -OCH3 is 1. The smallest absolute Gasteiger partial charge is 0.291 e. The number of imide groups is 1. The molecular weight excluding hydrogens is 312 g/mol. The van der Waals surface area contributed by atoms with Gasteiger partial charge in [0.05, 0.1) is 19.3 Å². The molecule has 118 valence electrons. The van der Waals surface area contributed by atoms with Crippen molar-refractivity contribution in [2.24, 2.45) is 0 Å². The van der Waals surface area contributed by atoms with Gasteiger partial charge in [-0.1, -0.05) is 42.5 Å². The number of amides is 2. The van der Waals surface area contributed by atoms with Crippen molar-refractivity contribution in [3.63, 3.8) is 0 Å². The first kappa shape index (κ1) is 15.4. The molecule has 0 saturated carbocycles. The van der Waals surface area contributed by atoms with Crippen LogP contribution >= 0.6 is 11.8 Å². The molecule has 0 aromatic heterocycles. The summed E-state index contributed by atoms with van der Waals surface area (Å²) in [5, 5.41) is 2.20. The quantitative estimate of drug-likeness (QED) is 0.912. The van der Waals surface area contributed by atoms with Crippen LogP contribution in [-0.4, -0.2) is 28.5 Å². The highest BCUT2D eigenvalue weighted by Crippen LogP contribution is 2.32. The molecule has 1 atom stereocenters. The average Bonchev–Trinajstić information content (AvgIpc) is 2.84. The Labute approximate surface area is 138 Å². The van der Waals surface area contributed by atoms with Crippen LogP contribution in [0.25, 0.3) is 0 Å². The van der Waals surface area contributed by atoms with Gasteiger partial charge in [0.2, 0.25) is 0 Å². The number of carbonyl (C=O) groups is 2. The Kier molecular flexibility index (Phi) is 4.52. The number of para-hydroxylation sites is 2. The lowest BCUT2D eigenvalue weighted by Crippen LogP contribution is -2.34. The van der Waals surface area contributed by atoms with Crippen LogP contribution in [0.5, 0.6) is 5.75 Å². The van der Waals surface area contributed by atoms with Gasteiger partial charge in [-0.25, -0.2) is 0 Å². The summed E-state index contributed by atoms with van der Waals surface area (Å²) >= 11 is 0.986. The number of benzene rings is 2. The zero-order valence-electron chi connectivity index (χ0n) is 12.6. The molecule has 2 amide bonds. The molecule has 23 heavy (non-hydrogen) atoms. The summed E-state index contributed by atoms with van der Waals surface area (Å²) in [5.41, 5.74) is 1.61. The Morgan fingerprint density at radius 1 is 1.09 bits per heavy atom. The molecule has 1 unspecified atom stereocenters. The monoisotopic (exact) mass is 328 g/mol. The Morgan fingerprint density at radius 3 is 2.52 bits per heavy atom.